The van der Waals surface area contributed by atoms with Gasteiger partial charge in [0.1, 0.15) is 5.75 Å². The van der Waals surface area contributed by atoms with Crippen molar-refractivity contribution in [3.63, 3.8) is 0 Å². The van der Waals surface area contributed by atoms with E-state index in [0.29, 0.717) is 5.75 Å². The largest absolute Gasteiger partial charge is 0.484 e. The molecular formula is C14H19NO3. The van der Waals surface area contributed by atoms with Gasteiger partial charge in [-0.25, -0.2) is 0 Å². The van der Waals surface area contributed by atoms with Gasteiger partial charge < -0.3 is 15.2 Å². The number of nitrogens with one attached hydrogen (secondary N) is 1. The van der Waals surface area contributed by atoms with Gasteiger partial charge in [-0.2, -0.15) is 0 Å². The molecule has 1 aliphatic rings. The smallest absolute Gasteiger partial charge is 0.258 e. The minimum absolute atomic E-state index is 0.00316. The van der Waals surface area contributed by atoms with Gasteiger partial charge in [-0.1, -0.05) is 12.1 Å². The van der Waals surface area contributed by atoms with E-state index in [0.717, 1.165) is 24.8 Å². The van der Waals surface area contributed by atoms with Crippen LogP contribution in [0.25, 0.3) is 0 Å². The van der Waals surface area contributed by atoms with Gasteiger partial charge in [-0.05, 0) is 43.9 Å². The van der Waals surface area contributed by atoms with Crippen LogP contribution in [0.5, 0.6) is 5.75 Å². The van der Waals surface area contributed by atoms with Crippen molar-refractivity contribution in [3.8, 4) is 5.75 Å². The summed E-state index contributed by atoms with van der Waals surface area (Å²) in [5.74, 6) is 0.516. The summed E-state index contributed by atoms with van der Waals surface area (Å²) < 4.78 is 5.41. The quantitative estimate of drug-likeness (QED) is 0.829. The topological polar surface area (TPSA) is 58.6 Å². The molecule has 0 unspecified atom stereocenters. The fourth-order valence-corrected chi connectivity index (χ4v) is 2.11. The Morgan fingerprint density at radius 2 is 2.28 bits per heavy atom. The second kappa shape index (κ2) is 5.40. The van der Waals surface area contributed by atoms with Crippen molar-refractivity contribution in [1.29, 1.82) is 0 Å². The molecule has 0 heterocycles. The molecule has 1 amide bonds. The predicted molar refractivity (Wildman–Crippen MR) is 68.5 cm³/mol. The van der Waals surface area contributed by atoms with E-state index in [1.165, 1.54) is 0 Å². The van der Waals surface area contributed by atoms with E-state index < -0.39 is 5.54 Å². The number of carbonyl (C=O) groups excluding carboxylic acids is 1. The molecule has 4 nitrogen and oxygen atoms in total. The van der Waals surface area contributed by atoms with E-state index >= 15 is 0 Å². The van der Waals surface area contributed by atoms with Crippen LogP contribution >= 0.6 is 0 Å². The van der Waals surface area contributed by atoms with E-state index in [4.69, 9.17) is 4.74 Å². The number of hydrogen-bond acceptors (Lipinski definition) is 3. The molecule has 0 saturated heterocycles. The van der Waals surface area contributed by atoms with Gasteiger partial charge in [0.05, 0.1) is 12.1 Å². The standard InChI is InChI=1S/C14H19NO3/c1-11-4-2-5-12(8-11)18-9-13(17)15-14(10-16)6-3-7-14/h2,4-5,8,16H,3,6-7,9-10H2,1H3,(H,15,17). The normalized spacial score (nSPS) is 16.8. The van der Waals surface area contributed by atoms with E-state index in [9.17, 15) is 9.90 Å². The highest BCUT2D eigenvalue weighted by atomic mass is 16.5. The lowest BCUT2D eigenvalue weighted by molar-refractivity contribution is -0.127. The van der Waals surface area contributed by atoms with Crippen LogP contribution in [0.15, 0.2) is 24.3 Å². The zero-order valence-corrected chi connectivity index (χ0v) is 10.6. The summed E-state index contributed by atoms with van der Waals surface area (Å²) in [6, 6.07) is 7.58. The second-order valence-corrected chi connectivity index (χ2v) is 4.95. The Balaban J connectivity index is 1.81. The highest BCUT2D eigenvalue weighted by Gasteiger charge is 2.37. The van der Waals surface area contributed by atoms with Crippen LogP contribution in [-0.2, 0) is 4.79 Å². The van der Waals surface area contributed by atoms with Gasteiger partial charge in [-0.15, -0.1) is 0 Å². The van der Waals surface area contributed by atoms with Gasteiger partial charge in [-0.3, -0.25) is 4.79 Å². The maximum Gasteiger partial charge on any atom is 0.258 e. The summed E-state index contributed by atoms with van der Waals surface area (Å²) in [5, 5.41) is 12.1. The molecule has 1 aliphatic carbocycles. The fraction of sp³-hybridized carbons (Fsp3) is 0.500. The Morgan fingerprint density at radius 3 is 2.83 bits per heavy atom. The number of ether oxygens (including phenoxy) is 1. The number of aryl methyl sites for hydroxylation is 1. The molecular weight excluding hydrogens is 230 g/mol. The third-order valence-electron chi connectivity index (χ3n) is 3.38. The van der Waals surface area contributed by atoms with Crippen LogP contribution in [0.2, 0.25) is 0 Å². The maximum absolute atomic E-state index is 11.7. The SMILES string of the molecule is Cc1cccc(OCC(=O)NC2(CO)CCC2)c1. The molecule has 2 N–H and O–H groups in total. The number of amides is 1. The average molecular weight is 249 g/mol. The summed E-state index contributed by atoms with van der Waals surface area (Å²) in [6.45, 7) is 1.97. The third kappa shape index (κ3) is 3.01. The molecule has 1 aromatic rings. The van der Waals surface area contributed by atoms with Crippen molar-refractivity contribution < 1.29 is 14.6 Å². The van der Waals surface area contributed by atoms with Crippen molar-refractivity contribution in [2.24, 2.45) is 0 Å². The average Bonchev–Trinajstić information content (AvgIpc) is 2.31. The van der Waals surface area contributed by atoms with E-state index in [2.05, 4.69) is 5.32 Å². The van der Waals surface area contributed by atoms with E-state index in [1.807, 2.05) is 31.2 Å². The number of benzene rings is 1. The van der Waals surface area contributed by atoms with Crippen molar-refractivity contribution in [2.45, 2.75) is 31.7 Å². The maximum atomic E-state index is 11.7. The van der Waals surface area contributed by atoms with Gasteiger partial charge in [0.25, 0.3) is 5.91 Å². The van der Waals surface area contributed by atoms with Crippen molar-refractivity contribution in [1.82, 2.24) is 5.32 Å². The molecule has 18 heavy (non-hydrogen) atoms. The van der Waals surface area contributed by atoms with Crippen LogP contribution in [0.4, 0.5) is 0 Å². The van der Waals surface area contributed by atoms with Gasteiger partial charge in [0.15, 0.2) is 6.61 Å². The Labute approximate surface area is 107 Å². The number of rotatable bonds is 5. The predicted octanol–water partition coefficient (Wildman–Crippen LogP) is 1.41. The monoisotopic (exact) mass is 249 g/mol. The first-order chi connectivity index (χ1) is 8.63. The number of aliphatic hydroxyl groups is 1. The molecule has 2 rings (SSSR count). The lowest BCUT2D eigenvalue weighted by Gasteiger charge is -2.40. The molecule has 0 aliphatic heterocycles. The van der Waals surface area contributed by atoms with Crippen LogP contribution < -0.4 is 10.1 Å². The number of carbonyl (C=O) groups is 1. The molecule has 4 heteroatoms. The number of aliphatic hydroxyl groups excluding tert-OH is 1. The minimum atomic E-state index is -0.396. The highest BCUT2D eigenvalue weighted by molar-refractivity contribution is 5.78. The molecule has 98 valence electrons. The molecule has 0 radical (unpaired) electrons. The highest BCUT2D eigenvalue weighted by Crippen LogP contribution is 2.30. The summed E-state index contributed by atoms with van der Waals surface area (Å²) in [7, 11) is 0. The van der Waals surface area contributed by atoms with Gasteiger partial charge in [0.2, 0.25) is 0 Å². The van der Waals surface area contributed by atoms with Crippen molar-refractivity contribution in [3.05, 3.63) is 29.8 Å². The molecule has 0 spiro atoms. The summed E-state index contributed by atoms with van der Waals surface area (Å²) in [5.41, 5.74) is 0.700. The Kier molecular flexibility index (Phi) is 3.87. The van der Waals surface area contributed by atoms with Gasteiger partial charge >= 0.3 is 0 Å². The summed E-state index contributed by atoms with van der Waals surface area (Å²) >= 11 is 0. The molecule has 1 saturated carbocycles. The third-order valence-corrected chi connectivity index (χ3v) is 3.38. The zero-order chi connectivity index (χ0) is 13.0. The first kappa shape index (κ1) is 12.9. The van der Waals surface area contributed by atoms with E-state index in [-0.39, 0.29) is 19.1 Å². The number of hydrogen-bond donors (Lipinski definition) is 2. The Hall–Kier alpha value is -1.55. The zero-order valence-electron chi connectivity index (χ0n) is 10.6. The lowest BCUT2D eigenvalue weighted by atomic mass is 9.77. The first-order valence-electron chi connectivity index (χ1n) is 6.25. The molecule has 0 aromatic heterocycles. The van der Waals surface area contributed by atoms with Crippen molar-refractivity contribution >= 4 is 5.91 Å². The van der Waals surface area contributed by atoms with Crippen LogP contribution in [-0.4, -0.2) is 29.8 Å². The summed E-state index contributed by atoms with van der Waals surface area (Å²) in [6.07, 6.45) is 2.75. The van der Waals surface area contributed by atoms with Crippen LogP contribution in [0.3, 0.4) is 0 Å². The van der Waals surface area contributed by atoms with Crippen LogP contribution in [0, 0.1) is 6.92 Å². The second-order valence-electron chi connectivity index (χ2n) is 4.95. The molecule has 0 atom stereocenters. The molecule has 0 bridgehead atoms. The van der Waals surface area contributed by atoms with Crippen LogP contribution in [0.1, 0.15) is 24.8 Å². The lowest BCUT2D eigenvalue weighted by Crippen LogP contribution is -2.57. The van der Waals surface area contributed by atoms with Gasteiger partial charge in [0, 0.05) is 0 Å². The Bertz CT molecular complexity index is 421. The van der Waals surface area contributed by atoms with E-state index in [1.54, 1.807) is 0 Å². The summed E-state index contributed by atoms with van der Waals surface area (Å²) in [4.78, 5) is 11.7. The van der Waals surface area contributed by atoms with Crippen molar-refractivity contribution in [2.75, 3.05) is 13.2 Å². The fourth-order valence-electron chi connectivity index (χ4n) is 2.11. The first-order valence-corrected chi connectivity index (χ1v) is 6.25. The minimum Gasteiger partial charge on any atom is -0.484 e. The molecule has 1 fully saturated rings. The Morgan fingerprint density at radius 1 is 1.50 bits per heavy atom. The molecule has 1 aromatic carbocycles.